The number of aryl methyl sites for hydroxylation is 1. The zero-order chi connectivity index (χ0) is 13.3. The fourth-order valence-electron chi connectivity index (χ4n) is 2.72. The van der Waals surface area contributed by atoms with Gasteiger partial charge in [0.1, 0.15) is 0 Å². The number of benzene rings is 1. The maximum atomic E-state index is 3.57. The molecule has 0 spiro atoms. The lowest BCUT2D eigenvalue weighted by Gasteiger charge is -2.25. The second-order valence-electron chi connectivity index (χ2n) is 6.04. The summed E-state index contributed by atoms with van der Waals surface area (Å²) in [5, 5.41) is 3.57. The molecule has 2 rings (SSSR count). The maximum Gasteiger partial charge on any atom is 0.0205 e. The van der Waals surface area contributed by atoms with Crippen molar-refractivity contribution in [1.82, 2.24) is 5.32 Å². The Bertz CT molecular complexity index is 337. The van der Waals surface area contributed by atoms with E-state index < -0.39 is 0 Å². The van der Waals surface area contributed by atoms with Crippen molar-refractivity contribution in [2.45, 2.75) is 64.8 Å². The predicted molar refractivity (Wildman–Crippen MR) is 83.3 cm³/mol. The third-order valence-electron chi connectivity index (χ3n) is 4.38. The normalized spacial score (nSPS) is 15.4. The summed E-state index contributed by atoms with van der Waals surface area (Å²) >= 11 is 0. The Hall–Kier alpha value is -0.820. The average molecular weight is 259 g/mol. The summed E-state index contributed by atoms with van der Waals surface area (Å²) < 4.78 is 0. The quantitative estimate of drug-likeness (QED) is 0.634. The van der Waals surface area contributed by atoms with Crippen LogP contribution in [-0.4, -0.2) is 6.54 Å². The lowest BCUT2D eigenvalue weighted by Crippen LogP contribution is -2.21. The Kier molecular flexibility index (Phi) is 6.43. The Balaban J connectivity index is 1.60. The van der Waals surface area contributed by atoms with E-state index in [1.165, 1.54) is 69.0 Å². The van der Waals surface area contributed by atoms with Crippen LogP contribution in [0.25, 0.3) is 0 Å². The van der Waals surface area contributed by atoms with Gasteiger partial charge in [0.25, 0.3) is 0 Å². The van der Waals surface area contributed by atoms with E-state index in [1.807, 2.05) is 0 Å². The minimum Gasteiger partial charge on any atom is -0.313 e. The highest BCUT2D eigenvalue weighted by atomic mass is 14.8. The Morgan fingerprint density at radius 1 is 1.05 bits per heavy atom. The summed E-state index contributed by atoms with van der Waals surface area (Å²) in [6.45, 7) is 4.48. The molecule has 1 saturated carbocycles. The highest BCUT2D eigenvalue weighted by Crippen LogP contribution is 2.28. The molecule has 0 unspecified atom stereocenters. The molecule has 1 nitrogen and oxygen atoms in total. The van der Waals surface area contributed by atoms with Gasteiger partial charge in [0.2, 0.25) is 0 Å². The number of rotatable bonds is 9. The van der Waals surface area contributed by atoms with Gasteiger partial charge in [0.05, 0.1) is 0 Å². The topological polar surface area (TPSA) is 12.0 Å². The van der Waals surface area contributed by atoms with Gasteiger partial charge in [-0.15, -0.1) is 0 Å². The smallest absolute Gasteiger partial charge is 0.0205 e. The summed E-state index contributed by atoms with van der Waals surface area (Å²) in [5.41, 5.74) is 2.92. The molecule has 1 N–H and O–H groups in total. The molecule has 0 radical (unpaired) electrons. The Morgan fingerprint density at radius 3 is 2.42 bits per heavy atom. The molecule has 1 aromatic rings. The minimum atomic E-state index is 1.02. The maximum absolute atomic E-state index is 3.57. The molecule has 0 aliphatic heterocycles. The molecular formula is C18H29N. The van der Waals surface area contributed by atoms with Crippen molar-refractivity contribution in [2.24, 2.45) is 5.92 Å². The summed E-state index contributed by atoms with van der Waals surface area (Å²) in [5.74, 6) is 1.02. The van der Waals surface area contributed by atoms with Gasteiger partial charge in [-0.2, -0.15) is 0 Å². The van der Waals surface area contributed by atoms with Crippen LogP contribution in [0, 0.1) is 5.92 Å². The molecule has 0 saturated heterocycles. The van der Waals surface area contributed by atoms with Gasteiger partial charge in [0, 0.05) is 6.54 Å². The average Bonchev–Trinajstić information content (AvgIpc) is 2.38. The lowest BCUT2D eigenvalue weighted by atomic mass is 9.83. The minimum absolute atomic E-state index is 1.02. The summed E-state index contributed by atoms with van der Waals surface area (Å²) in [6.07, 6.45) is 11.0. The van der Waals surface area contributed by atoms with Crippen molar-refractivity contribution >= 4 is 0 Å². The molecule has 1 aliphatic carbocycles. The van der Waals surface area contributed by atoms with Gasteiger partial charge in [-0.3, -0.25) is 0 Å². The van der Waals surface area contributed by atoms with Gasteiger partial charge in [-0.05, 0) is 42.9 Å². The van der Waals surface area contributed by atoms with Crippen LogP contribution in [-0.2, 0) is 13.0 Å². The van der Waals surface area contributed by atoms with E-state index in [0.29, 0.717) is 0 Å². The van der Waals surface area contributed by atoms with Crippen LogP contribution < -0.4 is 5.32 Å². The van der Waals surface area contributed by atoms with Crippen LogP contribution in [0.4, 0.5) is 0 Å². The number of hydrogen-bond donors (Lipinski definition) is 1. The Morgan fingerprint density at radius 2 is 1.79 bits per heavy atom. The second kappa shape index (κ2) is 8.37. The molecular weight excluding hydrogens is 230 g/mol. The zero-order valence-electron chi connectivity index (χ0n) is 12.5. The second-order valence-corrected chi connectivity index (χ2v) is 6.04. The summed E-state index contributed by atoms with van der Waals surface area (Å²) in [6, 6.07) is 9.19. The molecule has 0 amide bonds. The summed E-state index contributed by atoms with van der Waals surface area (Å²) in [7, 11) is 0. The first-order valence-electron chi connectivity index (χ1n) is 8.17. The highest BCUT2D eigenvalue weighted by Gasteiger charge is 2.15. The molecule has 106 valence electrons. The van der Waals surface area contributed by atoms with Gasteiger partial charge in [-0.25, -0.2) is 0 Å². The molecule has 0 aromatic heterocycles. The molecule has 1 heteroatoms. The fourth-order valence-corrected chi connectivity index (χ4v) is 2.72. The van der Waals surface area contributed by atoms with Crippen LogP contribution in [0.5, 0.6) is 0 Å². The number of unbranched alkanes of at least 4 members (excludes halogenated alkanes) is 2. The number of nitrogens with one attached hydrogen (secondary N) is 1. The Labute approximate surface area is 118 Å². The van der Waals surface area contributed by atoms with Crippen molar-refractivity contribution in [3.05, 3.63) is 35.4 Å². The van der Waals surface area contributed by atoms with E-state index in [2.05, 4.69) is 36.5 Å². The first-order chi connectivity index (χ1) is 9.38. The molecule has 0 bridgehead atoms. The van der Waals surface area contributed by atoms with E-state index in [0.717, 1.165) is 12.5 Å². The first-order valence-corrected chi connectivity index (χ1v) is 8.17. The molecule has 1 aliphatic rings. The molecule has 1 fully saturated rings. The highest BCUT2D eigenvalue weighted by molar-refractivity contribution is 5.22. The van der Waals surface area contributed by atoms with Crippen LogP contribution in [0.15, 0.2) is 24.3 Å². The first kappa shape index (κ1) is 14.6. The van der Waals surface area contributed by atoms with Crippen LogP contribution in [0.2, 0.25) is 0 Å². The van der Waals surface area contributed by atoms with Gasteiger partial charge in [-0.1, -0.05) is 63.3 Å². The van der Waals surface area contributed by atoms with E-state index in [1.54, 1.807) is 0 Å². The van der Waals surface area contributed by atoms with Gasteiger partial charge >= 0.3 is 0 Å². The monoisotopic (exact) mass is 259 g/mol. The van der Waals surface area contributed by atoms with E-state index in [-0.39, 0.29) is 0 Å². The standard InChI is InChI=1S/C18H29N/c1-2-3-4-6-17-9-11-18(12-10-17)15-19-14-13-16-7-5-8-16/h9-12,16,19H,2-8,13-15H2,1H3. The van der Waals surface area contributed by atoms with E-state index in [9.17, 15) is 0 Å². The van der Waals surface area contributed by atoms with Crippen molar-refractivity contribution in [3.8, 4) is 0 Å². The molecule has 0 heterocycles. The van der Waals surface area contributed by atoms with E-state index in [4.69, 9.17) is 0 Å². The zero-order valence-corrected chi connectivity index (χ0v) is 12.5. The van der Waals surface area contributed by atoms with Crippen molar-refractivity contribution in [1.29, 1.82) is 0 Å². The van der Waals surface area contributed by atoms with Gasteiger partial charge < -0.3 is 5.32 Å². The SMILES string of the molecule is CCCCCc1ccc(CNCCC2CCC2)cc1. The third kappa shape index (κ3) is 5.36. The van der Waals surface area contributed by atoms with Crippen LogP contribution in [0.1, 0.15) is 63.0 Å². The lowest BCUT2D eigenvalue weighted by molar-refractivity contribution is 0.292. The molecule has 0 atom stereocenters. The number of hydrogen-bond acceptors (Lipinski definition) is 1. The molecule has 19 heavy (non-hydrogen) atoms. The van der Waals surface area contributed by atoms with Crippen molar-refractivity contribution in [3.63, 3.8) is 0 Å². The largest absolute Gasteiger partial charge is 0.313 e. The van der Waals surface area contributed by atoms with Gasteiger partial charge in [0.15, 0.2) is 0 Å². The molecule has 1 aromatic carbocycles. The predicted octanol–water partition coefficient (Wildman–Crippen LogP) is 4.70. The van der Waals surface area contributed by atoms with E-state index >= 15 is 0 Å². The van der Waals surface area contributed by atoms with Crippen LogP contribution >= 0.6 is 0 Å². The van der Waals surface area contributed by atoms with Crippen molar-refractivity contribution < 1.29 is 0 Å². The van der Waals surface area contributed by atoms with Crippen LogP contribution in [0.3, 0.4) is 0 Å². The summed E-state index contributed by atoms with van der Waals surface area (Å²) in [4.78, 5) is 0. The van der Waals surface area contributed by atoms with Crippen molar-refractivity contribution in [2.75, 3.05) is 6.54 Å². The fraction of sp³-hybridized carbons (Fsp3) is 0.667. The third-order valence-corrected chi connectivity index (χ3v) is 4.38.